The van der Waals surface area contributed by atoms with Crippen molar-refractivity contribution in [3.8, 4) is 0 Å². The molecule has 0 atom stereocenters. The van der Waals surface area contributed by atoms with Crippen LogP contribution in [0.2, 0.25) is 5.28 Å². The highest BCUT2D eigenvalue weighted by molar-refractivity contribution is 7.89. The van der Waals surface area contributed by atoms with Gasteiger partial charge in [0, 0.05) is 6.54 Å². The maximum absolute atomic E-state index is 12.7. The Morgan fingerprint density at radius 2 is 1.75 bits per heavy atom. The van der Waals surface area contributed by atoms with E-state index in [1.54, 1.807) is 12.1 Å². The van der Waals surface area contributed by atoms with Crippen LogP contribution in [0.5, 0.6) is 0 Å². The fraction of sp³-hybridized carbons (Fsp3) is 0.167. The van der Waals surface area contributed by atoms with Crippen LogP contribution in [-0.2, 0) is 16.4 Å². The van der Waals surface area contributed by atoms with Gasteiger partial charge in [-0.25, -0.2) is 27.5 Å². The summed E-state index contributed by atoms with van der Waals surface area (Å²) in [6.07, 6.45) is 2.72. The van der Waals surface area contributed by atoms with Crippen molar-refractivity contribution in [3.63, 3.8) is 0 Å². The van der Waals surface area contributed by atoms with E-state index in [-0.39, 0.29) is 22.5 Å². The number of sulfonamides is 1. The van der Waals surface area contributed by atoms with Crippen molar-refractivity contribution in [3.05, 3.63) is 53.3 Å². The number of benzene rings is 1. The zero-order chi connectivity index (χ0) is 14.6. The first kappa shape index (κ1) is 14.8. The summed E-state index contributed by atoms with van der Waals surface area (Å²) in [4.78, 5) is 7.18. The van der Waals surface area contributed by atoms with Crippen LogP contribution in [0.3, 0.4) is 0 Å². The monoisotopic (exact) mass is 315 g/mol. The zero-order valence-electron chi connectivity index (χ0n) is 10.3. The van der Waals surface area contributed by atoms with Gasteiger partial charge in [-0.15, -0.1) is 0 Å². The quantitative estimate of drug-likeness (QED) is 0.854. The predicted octanol–water partition coefficient (Wildman–Crippen LogP) is 1.79. The molecule has 8 heteroatoms. The van der Waals surface area contributed by atoms with Gasteiger partial charge in [0.2, 0.25) is 15.3 Å². The summed E-state index contributed by atoms with van der Waals surface area (Å²) in [6, 6.07) is 5.87. The number of halogens is 2. The highest BCUT2D eigenvalue weighted by atomic mass is 35.5. The molecular formula is C12H11ClFN3O2S. The van der Waals surface area contributed by atoms with Crippen molar-refractivity contribution in [2.75, 3.05) is 6.54 Å². The van der Waals surface area contributed by atoms with Crippen molar-refractivity contribution in [2.24, 2.45) is 0 Å². The summed E-state index contributed by atoms with van der Waals surface area (Å²) in [6.45, 7) is 0.191. The average molecular weight is 316 g/mol. The second-order valence-electron chi connectivity index (χ2n) is 3.96. The molecule has 0 aliphatic carbocycles. The van der Waals surface area contributed by atoms with Crippen LogP contribution >= 0.6 is 11.6 Å². The SMILES string of the molecule is O=S(=O)(NCCc1ccc(F)cc1)c1cnc(Cl)nc1. The number of hydrogen-bond donors (Lipinski definition) is 1. The van der Waals surface area contributed by atoms with Gasteiger partial charge in [0.1, 0.15) is 10.7 Å². The van der Waals surface area contributed by atoms with Crippen LogP contribution in [-0.4, -0.2) is 24.9 Å². The average Bonchev–Trinajstić information content (AvgIpc) is 2.41. The number of aromatic nitrogens is 2. The van der Waals surface area contributed by atoms with Gasteiger partial charge in [0.15, 0.2) is 0 Å². The summed E-state index contributed by atoms with van der Waals surface area (Å²) in [5.74, 6) is -0.326. The van der Waals surface area contributed by atoms with Crippen molar-refractivity contribution >= 4 is 21.6 Å². The first-order valence-corrected chi connectivity index (χ1v) is 7.55. The normalized spacial score (nSPS) is 11.5. The van der Waals surface area contributed by atoms with E-state index in [1.807, 2.05) is 0 Å². The Morgan fingerprint density at radius 3 is 2.35 bits per heavy atom. The van der Waals surface area contributed by atoms with Crippen LogP contribution in [0.25, 0.3) is 0 Å². The Bertz CT molecular complexity index is 675. The van der Waals surface area contributed by atoms with E-state index in [0.717, 1.165) is 18.0 Å². The van der Waals surface area contributed by atoms with Crippen LogP contribution in [0.4, 0.5) is 4.39 Å². The van der Waals surface area contributed by atoms with E-state index < -0.39 is 10.0 Å². The van der Waals surface area contributed by atoms with E-state index in [1.165, 1.54) is 12.1 Å². The van der Waals surface area contributed by atoms with Crippen LogP contribution in [0.1, 0.15) is 5.56 Å². The van der Waals surface area contributed by atoms with Gasteiger partial charge in [-0.3, -0.25) is 0 Å². The number of hydrogen-bond acceptors (Lipinski definition) is 4. The molecule has 2 rings (SSSR count). The van der Waals surface area contributed by atoms with Gasteiger partial charge in [-0.1, -0.05) is 12.1 Å². The summed E-state index contributed by atoms with van der Waals surface area (Å²) in [5.41, 5.74) is 0.835. The third-order valence-corrected chi connectivity index (χ3v) is 4.14. The molecule has 0 spiro atoms. The molecule has 5 nitrogen and oxygen atoms in total. The minimum Gasteiger partial charge on any atom is -0.225 e. The smallest absolute Gasteiger partial charge is 0.225 e. The number of rotatable bonds is 5. The Hall–Kier alpha value is -1.57. The lowest BCUT2D eigenvalue weighted by Crippen LogP contribution is -2.26. The minimum absolute atomic E-state index is 0.0183. The van der Waals surface area contributed by atoms with Crippen molar-refractivity contribution in [2.45, 2.75) is 11.3 Å². The van der Waals surface area contributed by atoms with Gasteiger partial charge < -0.3 is 0 Å². The summed E-state index contributed by atoms with van der Waals surface area (Å²) >= 11 is 5.49. The molecule has 0 aliphatic rings. The van der Waals surface area contributed by atoms with Crippen LogP contribution < -0.4 is 4.72 Å². The number of nitrogens with zero attached hydrogens (tertiary/aromatic N) is 2. The van der Waals surface area contributed by atoms with Crippen molar-refractivity contribution in [1.82, 2.24) is 14.7 Å². The van der Waals surface area contributed by atoms with E-state index >= 15 is 0 Å². The summed E-state index contributed by atoms with van der Waals surface area (Å²) in [5, 5.41) is -0.0183. The van der Waals surface area contributed by atoms with E-state index in [2.05, 4.69) is 14.7 Å². The third-order valence-electron chi connectivity index (χ3n) is 2.53. The first-order chi connectivity index (χ1) is 9.47. The van der Waals surface area contributed by atoms with Crippen LogP contribution in [0.15, 0.2) is 41.6 Å². The summed E-state index contributed by atoms with van der Waals surface area (Å²) < 4.78 is 38.9. The van der Waals surface area contributed by atoms with E-state index in [0.29, 0.717) is 6.42 Å². The van der Waals surface area contributed by atoms with Crippen molar-refractivity contribution < 1.29 is 12.8 Å². The molecule has 1 N–H and O–H groups in total. The molecule has 0 saturated carbocycles. The molecule has 0 unspecified atom stereocenters. The molecule has 1 heterocycles. The Balaban J connectivity index is 1.96. The first-order valence-electron chi connectivity index (χ1n) is 5.69. The van der Waals surface area contributed by atoms with E-state index in [9.17, 15) is 12.8 Å². The molecular weight excluding hydrogens is 305 g/mol. The van der Waals surface area contributed by atoms with Gasteiger partial charge in [0.25, 0.3) is 0 Å². The second-order valence-corrected chi connectivity index (χ2v) is 6.07. The maximum atomic E-state index is 12.7. The molecule has 0 radical (unpaired) electrons. The Labute approximate surface area is 120 Å². The van der Waals surface area contributed by atoms with Gasteiger partial charge in [-0.05, 0) is 35.7 Å². The van der Waals surface area contributed by atoms with Gasteiger partial charge in [0.05, 0.1) is 12.4 Å². The molecule has 2 aromatic rings. The zero-order valence-corrected chi connectivity index (χ0v) is 11.8. The molecule has 0 bridgehead atoms. The van der Waals surface area contributed by atoms with Gasteiger partial charge in [-0.2, -0.15) is 0 Å². The minimum atomic E-state index is -3.66. The van der Waals surface area contributed by atoms with Gasteiger partial charge >= 0.3 is 0 Å². The molecule has 0 fully saturated rings. The Morgan fingerprint density at radius 1 is 1.15 bits per heavy atom. The summed E-state index contributed by atoms with van der Waals surface area (Å²) in [7, 11) is -3.66. The lowest BCUT2D eigenvalue weighted by Gasteiger charge is -2.06. The lowest BCUT2D eigenvalue weighted by molar-refractivity contribution is 0.580. The third kappa shape index (κ3) is 3.96. The number of nitrogens with one attached hydrogen (secondary N) is 1. The molecule has 0 amide bonds. The molecule has 1 aromatic heterocycles. The maximum Gasteiger partial charge on any atom is 0.243 e. The molecule has 106 valence electrons. The second kappa shape index (κ2) is 6.25. The highest BCUT2D eigenvalue weighted by Crippen LogP contribution is 2.08. The highest BCUT2D eigenvalue weighted by Gasteiger charge is 2.14. The predicted molar refractivity (Wildman–Crippen MR) is 72.3 cm³/mol. The van der Waals surface area contributed by atoms with E-state index in [4.69, 9.17) is 11.6 Å². The van der Waals surface area contributed by atoms with Crippen molar-refractivity contribution in [1.29, 1.82) is 0 Å². The van der Waals surface area contributed by atoms with Crippen LogP contribution in [0, 0.1) is 5.82 Å². The topological polar surface area (TPSA) is 72.0 Å². The molecule has 20 heavy (non-hydrogen) atoms. The Kier molecular flexibility index (Phi) is 4.64. The lowest BCUT2D eigenvalue weighted by atomic mass is 10.1. The molecule has 0 saturated heterocycles. The molecule has 1 aromatic carbocycles. The fourth-order valence-electron chi connectivity index (χ4n) is 1.50. The largest absolute Gasteiger partial charge is 0.243 e. The molecule has 0 aliphatic heterocycles. The fourth-order valence-corrected chi connectivity index (χ4v) is 2.52. The standard InChI is InChI=1S/C12H11ClFN3O2S/c13-12-15-7-11(8-16-12)20(18,19)17-6-5-9-1-3-10(14)4-2-9/h1-4,7-8,17H,5-6H2.